The van der Waals surface area contributed by atoms with Gasteiger partial charge in [-0.2, -0.15) is 0 Å². The van der Waals surface area contributed by atoms with E-state index in [1.54, 1.807) is 17.7 Å². The van der Waals surface area contributed by atoms with Crippen LogP contribution in [-0.2, 0) is 6.42 Å². The number of nitro groups is 1. The van der Waals surface area contributed by atoms with Crippen molar-refractivity contribution in [3.8, 4) is 11.5 Å². The van der Waals surface area contributed by atoms with E-state index in [9.17, 15) is 20.0 Å². The Balaban J connectivity index is 1.63. The number of hydrogen-bond donors (Lipinski definition) is 1. The average Bonchev–Trinajstić information content (AvgIpc) is 3.23. The van der Waals surface area contributed by atoms with Gasteiger partial charge in [-0.1, -0.05) is 63.7 Å². The zero-order valence-electron chi connectivity index (χ0n) is 20.1. The molecule has 6 rings (SSSR count). The molecule has 2 heterocycles. The molecule has 0 fully saturated rings. The Bertz CT molecular complexity index is 1860. The third-order valence-electron chi connectivity index (χ3n) is 6.85. The number of methoxy groups -OCH3 is 1. The fourth-order valence-electron chi connectivity index (χ4n) is 5.13. The van der Waals surface area contributed by atoms with E-state index >= 15 is 0 Å². The number of nitrogens with zero attached hydrogens (tertiary/aromatic N) is 3. The molecule has 0 saturated heterocycles. The summed E-state index contributed by atoms with van der Waals surface area (Å²) in [5.74, 6) is 0.188. The van der Waals surface area contributed by atoms with Gasteiger partial charge in [0.05, 0.1) is 28.3 Å². The van der Waals surface area contributed by atoms with Crippen LogP contribution in [0.2, 0.25) is 0 Å². The van der Waals surface area contributed by atoms with E-state index < -0.39 is 22.4 Å². The molecule has 190 valence electrons. The number of phenolic OH excluding ortho intramolecular Hbond substituents is 1. The molecule has 10 heteroatoms. The number of aryl methyl sites for hydroxylation is 1. The summed E-state index contributed by atoms with van der Waals surface area (Å²) in [4.78, 5) is 30.1. The molecule has 1 unspecified atom stereocenters. The third-order valence-corrected chi connectivity index (χ3v) is 8.29. The van der Waals surface area contributed by atoms with Gasteiger partial charge >= 0.3 is 5.69 Å². The molecular formula is C28H20BrN3O5S. The second-order valence-corrected chi connectivity index (χ2v) is 10.9. The van der Waals surface area contributed by atoms with E-state index in [0.29, 0.717) is 19.6 Å². The van der Waals surface area contributed by atoms with Crippen molar-refractivity contribution in [1.82, 2.24) is 4.57 Å². The predicted octanol–water partition coefficient (Wildman–Crippen LogP) is 4.70. The van der Waals surface area contributed by atoms with Crippen LogP contribution in [-0.4, -0.2) is 21.7 Å². The van der Waals surface area contributed by atoms with Crippen molar-refractivity contribution in [2.24, 2.45) is 4.99 Å². The summed E-state index contributed by atoms with van der Waals surface area (Å²) in [6, 6.07) is 18.2. The van der Waals surface area contributed by atoms with Gasteiger partial charge in [0.25, 0.3) is 5.56 Å². The van der Waals surface area contributed by atoms with Crippen LogP contribution in [0.5, 0.6) is 11.5 Å². The second-order valence-electron chi connectivity index (χ2n) is 9.01. The van der Waals surface area contributed by atoms with Gasteiger partial charge in [-0.25, -0.2) is 4.99 Å². The first-order valence-corrected chi connectivity index (χ1v) is 13.4. The number of ether oxygens (including phenoxy) is 1. The first-order valence-electron chi connectivity index (χ1n) is 11.8. The van der Waals surface area contributed by atoms with Gasteiger partial charge in [-0.3, -0.25) is 19.5 Å². The van der Waals surface area contributed by atoms with Crippen molar-refractivity contribution >= 4 is 44.7 Å². The molecule has 2 aliphatic rings. The lowest BCUT2D eigenvalue weighted by molar-refractivity contribution is -0.385. The molecule has 1 aromatic heterocycles. The highest BCUT2D eigenvalue weighted by Crippen LogP contribution is 2.41. The van der Waals surface area contributed by atoms with Crippen LogP contribution < -0.4 is 19.6 Å². The lowest BCUT2D eigenvalue weighted by atomic mass is 9.83. The molecule has 0 spiro atoms. The van der Waals surface area contributed by atoms with E-state index in [1.165, 1.54) is 29.0 Å². The van der Waals surface area contributed by atoms with Crippen molar-refractivity contribution < 1.29 is 14.8 Å². The fourth-order valence-corrected chi connectivity index (χ4v) is 6.59. The van der Waals surface area contributed by atoms with Crippen LogP contribution in [0.4, 0.5) is 5.69 Å². The van der Waals surface area contributed by atoms with Crippen LogP contribution in [0.3, 0.4) is 0 Å². The van der Waals surface area contributed by atoms with E-state index in [2.05, 4.69) is 28.1 Å². The Morgan fingerprint density at radius 3 is 2.79 bits per heavy atom. The van der Waals surface area contributed by atoms with Crippen molar-refractivity contribution in [2.75, 3.05) is 7.11 Å². The minimum atomic E-state index is -0.659. The lowest BCUT2D eigenvalue weighted by Gasteiger charge is -2.31. The molecule has 0 radical (unpaired) electrons. The highest BCUT2D eigenvalue weighted by atomic mass is 79.9. The number of aromatic nitrogens is 1. The van der Waals surface area contributed by atoms with Crippen LogP contribution in [0.25, 0.3) is 11.8 Å². The van der Waals surface area contributed by atoms with E-state index in [0.717, 1.165) is 35.2 Å². The number of benzene rings is 3. The molecule has 8 nitrogen and oxygen atoms in total. The molecule has 0 bridgehead atoms. The van der Waals surface area contributed by atoms with E-state index in [1.807, 2.05) is 36.4 Å². The number of nitro benzene ring substituents is 1. The zero-order valence-corrected chi connectivity index (χ0v) is 22.5. The van der Waals surface area contributed by atoms with Gasteiger partial charge in [0, 0.05) is 21.7 Å². The number of aromatic hydroxyl groups is 1. The summed E-state index contributed by atoms with van der Waals surface area (Å²) in [6.07, 6.45) is 3.07. The van der Waals surface area contributed by atoms with Gasteiger partial charge in [-0.15, -0.1) is 0 Å². The second kappa shape index (κ2) is 9.38. The van der Waals surface area contributed by atoms with Crippen molar-refractivity contribution in [3.63, 3.8) is 0 Å². The summed E-state index contributed by atoms with van der Waals surface area (Å²) in [6.45, 7) is 0. The number of allylic oxidation sites excluding steroid dienone is 1. The smallest absolute Gasteiger partial charge is 0.312 e. The maximum atomic E-state index is 13.9. The van der Waals surface area contributed by atoms with Gasteiger partial charge in [0.15, 0.2) is 4.80 Å². The largest absolute Gasteiger partial charge is 0.502 e. The maximum absolute atomic E-state index is 13.9. The SMILES string of the molecule is COc1cccc(C2C3=C(N=c4s/c(=C\c5cc(Br)cc([N+](=O)[O-])c5O)c(=O)n42)c2ccccc2CC3)c1. The van der Waals surface area contributed by atoms with E-state index in [4.69, 9.17) is 9.73 Å². The summed E-state index contributed by atoms with van der Waals surface area (Å²) in [5.41, 5.74) is 4.53. The summed E-state index contributed by atoms with van der Waals surface area (Å²) in [7, 11) is 1.61. The molecule has 1 aliphatic carbocycles. The Labute approximate surface area is 228 Å². The Hall–Kier alpha value is -4.02. The molecule has 1 N–H and O–H groups in total. The monoisotopic (exact) mass is 589 g/mol. The molecule has 1 atom stereocenters. The fraction of sp³-hybridized carbons (Fsp3) is 0.143. The standard InChI is InChI=1S/C28H20BrN3O5S/c1-37-19-7-4-6-16(12-19)25-21-10-9-15-5-2-3-8-20(15)24(21)30-28-31(25)27(34)23(38-28)13-17-11-18(29)14-22(26(17)33)32(35)36/h2-8,11-14,25,33H,9-10H2,1H3/b23-13-. The van der Waals surface area contributed by atoms with Gasteiger partial charge in [0.1, 0.15) is 5.75 Å². The van der Waals surface area contributed by atoms with Crippen LogP contribution >= 0.6 is 27.3 Å². The topological polar surface area (TPSA) is 107 Å². The third kappa shape index (κ3) is 3.97. The summed E-state index contributed by atoms with van der Waals surface area (Å²) < 4.78 is 7.89. The van der Waals surface area contributed by atoms with Gasteiger partial charge in [-0.05, 0) is 53.8 Å². The van der Waals surface area contributed by atoms with Gasteiger partial charge < -0.3 is 9.84 Å². The van der Waals surface area contributed by atoms with Crippen LogP contribution in [0.1, 0.15) is 34.7 Å². The number of halogens is 1. The maximum Gasteiger partial charge on any atom is 0.312 e. The first kappa shape index (κ1) is 24.3. The molecule has 3 aromatic carbocycles. The van der Waals surface area contributed by atoms with Crippen molar-refractivity contribution in [2.45, 2.75) is 18.9 Å². The normalized spacial score (nSPS) is 16.4. The highest BCUT2D eigenvalue weighted by molar-refractivity contribution is 9.10. The lowest BCUT2D eigenvalue weighted by Crippen LogP contribution is -2.38. The molecule has 1 aliphatic heterocycles. The average molecular weight is 590 g/mol. The zero-order chi connectivity index (χ0) is 26.6. The van der Waals surface area contributed by atoms with Crippen LogP contribution in [0, 0.1) is 10.1 Å². The molecule has 38 heavy (non-hydrogen) atoms. The van der Waals surface area contributed by atoms with E-state index in [-0.39, 0.29) is 11.1 Å². The Kier molecular flexibility index (Phi) is 6.00. The molecule has 0 amide bonds. The number of hydrogen-bond acceptors (Lipinski definition) is 7. The van der Waals surface area contributed by atoms with Crippen molar-refractivity contribution in [3.05, 3.63) is 123 Å². The number of phenols is 1. The number of rotatable bonds is 4. The quantitative estimate of drug-likeness (QED) is 0.274. The molecule has 0 saturated carbocycles. The minimum Gasteiger partial charge on any atom is -0.502 e. The summed E-state index contributed by atoms with van der Waals surface area (Å²) in [5, 5.41) is 22.0. The predicted molar refractivity (Wildman–Crippen MR) is 148 cm³/mol. The number of fused-ring (bicyclic) bond motifs is 3. The minimum absolute atomic E-state index is 0.170. The highest BCUT2D eigenvalue weighted by Gasteiger charge is 2.32. The Morgan fingerprint density at radius 1 is 1.18 bits per heavy atom. The Morgan fingerprint density at radius 2 is 2.00 bits per heavy atom. The van der Waals surface area contributed by atoms with Crippen LogP contribution in [0.15, 0.2) is 80.5 Å². The number of thiazole rings is 1. The molecule has 4 aromatic rings. The van der Waals surface area contributed by atoms with Crippen molar-refractivity contribution in [1.29, 1.82) is 0 Å². The van der Waals surface area contributed by atoms with Gasteiger partial charge in [0.2, 0.25) is 5.75 Å². The summed E-state index contributed by atoms with van der Waals surface area (Å²) >= 11 is 4.45. The first-order chi connectivity index (χ1) is 18.4. The molecular weight excluding hydrogens is 570 g/mol.